The number of aryl methyl sites for hydroxylation is 1. The van der Waals surface area contributed by atoms with Gasteiger partial charge in [0.05, 0.1) is 11.4 Å². The molecular formula is C14H11N3O2S. The van der Waals surface area contributed by atoms with Gasteiger partial charge in [0, 0.05) is 12.2 Å². The highest BCUT2D eigenvalue weighted by atomic mass is 32.2. The van der Waals surface area contributed by atoms with Gasteiger partial charge in [-0.2, -0.15) is 0 Å². The Labute approximate surface area is 118 Å². The maximum absolute atomic E-state index is 12.3. The molecule has 0 amide bonds. The second kappa shape index (κ2) is 4.49. The summed E-state index contributed by atoms with van der Waals surface area (Å²) < 4.78 is 7.49. The van der Waals surface area contributed by atoms with E-state index >= 15 is 0 Å². The highest BCUT2D eigenvalue weighted by molar-refractivity contribution is 7.99. The van der Waals surface area contributed by atoms with Gasteiger partial charge in [-0.25, -0.2) is 4.68 Å². The third kappa shape index (κ3) is 1.76. The molecule has 0 radical (unpaired) electrons. The number of thioether (sulfide) groups is 1. The lowest BCUT2D eigenvalue weighted by atomic mass is 10.2. The van der Waals surface area contributed by atoms with E-state index in [1.807, 2.05) is 30.3 Å². The highest BCUT2D eigenvalue weighted by Crippen LogP contribution is 2.30. The summed E-state index contributed by atoms with van der Waals surface area (Å²) in [6.45, 7) is 0.548. The molecule has 0 aliphatic carbocycles. The number of benzene rings is 1. The average molecular weight is 285 g/mol. The van der Waals surface area contributed by atoms with Gasteiger partial charge in [0.25, 0.3) is 0 Å². The summed E-state index contributed by atoms with van der Waals surface area (Å²) in [4.78, 5) is 13.0. The largest absolute Gasteiger partial charge is 0.440 e. The van der Waals surface area contributed by atoms with E-state index in [4.69, 9.17) is 4.42 Å². The van der Waals surface area contributed by atoms with Gasteiger partial charge < -0.3 is 4.42 Å². The molecule has 3 heterocycles. The number of fused-ring (bicyclic) bond motifs is 2. The summed E-state index contributed by atoms with van der Waals surface area (Å²) >= 11 is 1.54. The zero-order valence-corrected chi connectivity index (χ0v) is 11.4. The third-order valence-electron chi connectivity index (χ3n) is 3.33. The summed E-state index contributed by atoms with van der Waals surface area (Å²) in [6, 6.07) is 9.93. The molecule has 6 heteroatoms. The molecular weight excluding hydrogens is 274 g/mol. The minimum Gasteiger partial charge on any atom is -0.440 e. The fraction of sp³-hybridized carbons (Fsp3) is 0.214. The molecule has 0 atom stereocenters. The van der Waals surface area contributed by atoms with E-state index in [1.54, 1.807) is 4.68 Å². The van der Waals surface area contributed by atoms with Crippen molar-refractivity contribution in [1.29, 1.82) is 0 Å². The van der Waals surface area contributed by atoms with Gasteiger partial charge in [-0.1, -0.05) is 35.5 Å². The van der Waals surface area contributed by atoms with Crippen LogP contribution in [-0.4, -0.2) is 20.7 Å². The summed E-state index contributed by atoms with van der Waals surface area (Å²) in [7, 11) is 0. The molecule has 0 saturated carbocycles. The van der Waals surface area contributed by atoms with E-state index in [1.165, 1.54) is 11.8 Å². The maximum atomic E-state index is 12.3. The second-order valence-electron chi connectivity index (χ2n) is 4.67. The number of rotatable bonds is 2. The van der Waals surface area contributed by atoms with Crippen molar-refractivity contribution in [3.8, 4) is 0 Å². The van der Waals surface area contributed by atoms with Crippen molar-refractivity contribution in [1.82, 2.24) is 15.0 Å². The van der Waals surface area contributed by atoms with E-state index in [9.17, 15) is 4.79 Å². The van der Waals surface area contributed by atoms with Crippen molar-refractivity contribution in [3.63, 3.8) is 0 Å². The van der Waals surface area contributed by atoms with Crippen molar-refractivity contribution in [3.05, 3.63) is 51.9 Å². The fourth-order valence-electron chi connectivity index (χ4n) is 2.36. The van der Waals surface area contributed by atoms with Crippen molar-refractivity contribution in [2.75, 3.05) is 5.75 Å². The summed E-state index contributed by atoms with van der Waals surface area (Å²) in [5, 5.41) is 8.04. The molecule has 0 spiro atoms. The lowest BCUT2D eigenvalue weighted by Gasteiger charge is -2.02. The number of aromatic nitrogens is 3. The Bertz CT molecular complexity index is 839. The first-order chi connectivity index (χ1) is 9.83. The Hall–Kier alpha value is -2.08. The molecule has 0 bridgehead atoms. The molecule has 0 unspecified atom stereocenters. The van der Waals surface area contributed by atoms with Crippen LogP contribution in [0, 0.1) is 0 Å². The topological polar surface area (TPSA) is 60.9 Å². The van der Waals surface area contributed by atoms with Gasteiger partial charge in [-0.05, 0) is 5.56 Å². The Kier molecular flexibility index (Phi) is 2.63. The standard InChI is InChI=1S/C14H11N3O2S/c18-12-11-14(19-10-6-7-20-13(10)12)17(16-15-11)8-9-4-2-1-3-5-9/h1-5H,6-8H2. The average Bonchev–Trinajstić information content (AvgIpc) is 3.08. The van der Waals surface area contributed by atoms with Crippen LogP contribution in [0.15, 0.2) is 44.4 Å². The smallest absolute Gasteiger partial charge is 0.249 e. The predicted molar refractivity (Wildman–Crippen MR) is 76.0 cm³/mol. The Balaban J connectivity index is 1.86. The van der Waals surface area contributed by atoms with Crippen molar-refractivity contribution in [2.45, 2.75) is 17.9 Å². The van der Waals surface area contributed by atoms with Crippen LogP contribution in [0.4, 0.5) is 0 Å². The SMILES string of the molecule is O=c1c2c(oc3c1nnn3Cc1ccccc1)CCS2. The van der Waals surface area contributed by atoms with Crippen LogP contribution < -0.4 is 5.43 Å². The molecule has 100 valence electrons. The number of hydrogen-bond acceptors (Lipinski definition) is 5. The van der Waals surface area contributed by atoms with Crippen molar-refractivity contribution < 1.29 is 4.42 Å². The van der Waals surface area contributed by atoms with Crippen LogP contribution >= 0.6 is 11.8 Å². The van der Waals surface area contributed by atoms with Gasteiger partial charge in [0.1, 0.15) is 5.76 Å². The second-order valence-corrected chi connectivity index (χ2v) is 5.77. The normalized spacial score (nSPS) is 13.8. The summed E-state index contributed by atoms with van der Waals surface area (Å²) in [5.74, 6) is 1.66. The predicted octanol–water partition coefficient (Wildman–Crippen LogP) is 2.08. The minimum atomic E-state index is -0.0527. The van der Waals surface area contributed by atoms with Crippen LogP contribution in [0.25, 0.3) is 11.2 Å². The van der Waals surface area contributed by atoms with Crippen molar-refractivity contribution in [2.24, 2.45) is 0 Å². The van der Waals surface area contributed by atoms with Crippen LogP contribution in [0.3, 0.4) is 0 Å². The lowest BCUT2D eigenvalue weighted by molar-refractivity contribution is 0.492. The van der Waals surface area contributed by atoms with Crippen molar-refractivity contribution >= 4 is 23.0 Å². The molecule has 0 fully saturated rings. The van der Waals surface area contributed by atoms with E-state index in [0.717, 1.165) is 23.5 Å². The quantitative estimate of drug-likeness (QED) is 0.721. The first kappa shape index (κ1) is 11.7. The Morgan fingerprint density at radius 2 is 2.15 bits per heavy atom. The third-order valence-corrected chi connectivity index (χ3v) is 4.44. The first-order valence-corrected chi connectivity index (χ1v) is 7.37. The zero-order valence-electron chi connectivity index (χ0n) is 10.6. The maximum Gasteiger partial charge on any atom is 0.249 e. The molecule has 3 aromatic rings. The Morgan fingerprint density at radius 3 is 3.00 bits per heavy atom. The minimum absolute atomic E-state index is 0.0527. The van der Waals surface area contributed by atoms with E-state index < -0.39 is 0 Å². The van der Waals surface area contributed by atoms with Gasteiger partial charge in [0.2, 0.25) is 11.1 Å². The van der Waals surface area contributed by atoms with E-state index in [0.29, 0.717) is 22.7 Å². The fourth-order valence-corrected chi connectivity index (χ4v) is 3.39. The van der Waals surface area contributed by atoms with Crippen LogP contribution in [0.1, 0.15) is 11.3 Å². The molecule has 0 saturated heterocycles. The van der Waals surface area contributed by atoms with Gasteiger partial charge in [0.15, 0.2) is 5.52 Å². The first-order valence-electron chi connectivity index (χ1n) is 6.39. The van der Waals surface area contributed by atoms with Crippen LogP contribution in [-0.2, 0) is 13.0 Å². The summed E-state index contributed by atoms with van der Waals surface area (Å²) in [6.07, 6.45) is 0.793. The zero-order chi connectivity index (χ0) is 13.5. The molecule has 1 aliphatic rings. The van der Waals surface area contributed by atoms with Crippen LogP contribution in [0.5, 0.6) is 0 Å². The Morgan fingerprint density at radius 1 is 1.30 bits per heavy atom. The highest BCUT2D eigenvalue weighted by Gasteiger charge is 2.23. The van der Waals surface area contributed by atoms with Gasteiger partial charge in [-0.3, -0.25) is 4.79 Å². The van der Waals surface area contributed by atoms with Gasteiger partial charge in [-0.15, -0.1) is 16.9 Å². The molecule has 20 heavy (non-hydrogen) atoms. The molecule has 5 nitrogen and oxygen atoms in total. The molecule has 1 aromatic carbocycles. The molecule has 4 rings (SSSR count). The van der Waals surface area contributed by atoms with Gasteiger partial charge >= 0.3 is 0 Å². The monoisotopic (exact) mass is 285 g/mol. The molecule has 1 aliphatic heterocycles. The lowest BCUT2D eigenvalue weighted by Crippen LogP contribution is -2.06. The number of hydrogen-bond donors (Lipinski definition) is 0. The summed E-state index contributed by atoms with van der Waals surface area (Å²) in [5.41, 5.74) is 1.84. The molecule has 0 N–H and O–H groups in total. The molecule has 2 aromatic heterocycles. The number of nitrogens with zero attached hydrogens (tertiary/aromatic N) is 3. The van der Waals surface area contributed by atoms with E-state index in [-0.39, 0.29) is 5.43 Å². The van der Waals surface area contributed by atoms with E-state index in [2.05, 4.69) is 10.3 Å². The van der Waals surface area contributed by atoms with Crippen LogP contribution in [0.2, 0.25) is 0 Å².